The summed E-state index contributed by atoms with van der Waals surface area (Å²) in [6.45, 7) is 3.39. The van der Waals surface area contributed by atoms with Gasteiger partial charge in [0, 0.05) is 11.6 Å². The first kappa shape index (κ1) is 17.9. The van der Waals surface area contributed by atoms with Crippen LogP contribution in [-0.2, 0) is 20.7 Å². The Kier molecular flexibility index (Phi) is 5.89. The number of hydrogen-bond donors (Lipinski definition) is 0. The molecule has 7 nitrogen and oxygen atoms in total. The lowest BCUT2D eigenvalue weighted by atomic mass is 10.1. The van der Waals surface area contributed by atoms with Crippen molar-refractivity contribution >= 4 is 17.6 Å². The Labute approximate surface area is 140 Å². The van der Waals surface area contributed by atoms with Crippen LogP contribution in [0.4, 0.5) is 5.69 Å². The van der Waals surface area contributed by atoms with Gasteiger partial charge in [0.25, 0.3) is 5.69 Å². The molecule has 7 heteroatoms. The number of rotatable bonds is 6. The fourth-order valence-electron chi connectivity index (χ4n) is 2.72. The maximum Gasteiger partial charge on any atom is 0.338 e. The van der Waals surface area contributed by atoms with E-state index in [4.69, 9.17) is 9.47 Å². The van der Waals surface area contributed by atoms with Gasteiger partial charge in [0.2, 0.25) is 0 Å². The zero-order chi connectivity index (χ0) is 17.7. The molecule has 0 N–H and O–H groups in total. The molecule has 0 bridgehead atoms. The van der Waals surface area contributed by atoms with Gasteiger partial charge in [-0.2, -0.15) is 0 Å². The Morgan fingerprint density at radius 3 is 2.54 bits per heavy atom. The second kappa shape index (κ2) is 7.90. The number of nitrogens with zero attached hydrogens (tertiary/aromatic N) is 1. The Hall–Kier alpha value is -2.44. The van der Waals surface area contributed by atoms with Crippen LogP contribution in [-0.4, -0.2) is 29.1 Å². The molecule has 0 spiro atoms. The van der Waals surface area contributed by atoms with Crippen molar-refractivity contribution in [3.63, 3.8) is 0 Å². The predicted octanol–water partition coefficient (Wildman–Crippen LogP) is 3.19. The molecule has 0 amide bonds. The zero-order valence-electron chi connectivity index (χ0n) is 13.8. The number of nitro groups is 1. The number of ether oxygens (including phenoxy) is 2. The maximum atomic E-state index is 12.2. The molecule has 1 fully saturated rings. The van der Waals surface area contributed by atoms with Gasteiger partial charge in [0.15, 0.2) is 0 Å². The van der Waals surface area contributed by atoms with E-state index < -0.39 is 16.9 Å². The third kappa shape index (κ3) is 4.78. The Bertz CT molecular complexity index is 634. The van der Waals surface area contributed by atoms with Crippen molar-refractivity contribution in [2.45, 2.75) is 58.2 Å². The number of carbonyl (C=O) groups excluding carboxylic acids is 2. The average Bonchev–Trinajstić information content (AvgIpc) is 2.98. The third-order valence-electron chi connectivity index (χ3n) is 3.79. The lowest BCUT2D eigenvalue weighted by Gasteiger charge is -2.12. The summed E-state index contributed by atoms with van der Waals surface area (Å²) in [5.74, 6) is -1.09. The third-order valence-corrected chi connectivity index (χ3v) is 3.79. The first-order chi connectivity index (χ1) is 11.4. The van der Waals surface area contributed by atoms with Crippen molar-refractivity contribution in [2.24, 2.45) is 0 Å². The highest BCUT2D eigenvalue weighted by Crippen LogP contribution is 2.25. The summed E-state index contributed by atoms with van der Waals surface area (Å²) in [5.41, 5.74) is 0.138. The highest BCUT2D eigenvalue weighted by Gasteiger charge is 2.23. The van der Waals surface area contributed by atoms with Gasteiger partial charge in [-0.1, -0.05) is 0 Å². The quantitative estimate of drug-likeness (QED) is 0.450. The van der Waals surface area contributed by atoms with Crippen LogP contribution in [0.2, 0.25) is 0 Å². The van der Waals surface area contributed by atoms with Gasteiger partial charge in [0.1, 0.15) is 6.10 Å². The van der Waals surface area contributed by atoms with Crippen LogP contribution in [0.5, 0.6) is 0 Å². The van der Waals surface area contributed by atoms with E-state index in [-0.39, 0.29) is 35.4 Å². The van der Waals surface area contributed by atoms with Crippen molar-refractivity contribution in [1.29, 1.82) is 0 Å². The zero-order valence-corrected chi connectivity index (χ0v) is 13.8. The van der Waals surface area contributed by atoms with Crippen molar-refractivity contribution in [2.75, 3.05) is 0 Å². The van der Waals surface area contributed by atoms with Gasteiger partial charge in [0.05, 0.1) is 23.0 Å². The van der Waals surface area contributed by atoms with E-state index in [1.54, 1.807) is 13.8 Å². The summed E-state index contributed by atoms with van der Waals surface area (Å²) in [5, 5.41) is 11.1. The van der Waals surface area contributed by atoms with E-state index in [0.717, 1.165) is 25.7 Å². The van der Waals surface area contributed by atoms with E-state index in [9.17, 15) is 19.7 Å². The van der Waals surface area contributed by atoms with Crippen molar-refractivity contribution in [3.8, 4) is 0 Å². The first-order valence-corrected chi connectivity index (χ1v) is 8.04. The van der Waals surface area contributed by atoms with Gasteiger partial charge < -0.3 is 9.47 Å². The van der Waals surface area contributed by atoms with Crippen LogP contribution in [0.3, 0.4) is 0 Å². The molecule has 0 aliphatic heterocycles. The summed E-state index contributed by atoms with van der Waals surface area (Å²) < 4.78 is 10.4. The molecule has 0 heterocycles. The van der Waals surface area contributed by atoms with E-state index in [1.165, 1.54) is 18.2 Å². The molecule has 130 valence electrons. The number of nitro benzene ring substituents is 1. The van der Waals surface area contributed by atoms with Gasteiger partial charge in [-0.05, 0) is 51.7 Å². The molecule has 0 radical (unpaired) electrons. The minimum Gasteiger partial charge on any atom is -0.463 e. The maximum absolute atomic E-state index is 12.2. The minimum atomic E-state index is -0.579. The number of carbonyl (C=O) groups is 2. The summed E-state index contributed by atoms with van der Waals surface area (Å²) >= 11 is 0. The van der Waals surface area contributed by atoms with Crippen molar-refractivity contribution in [3.05, 3.63) is 39.4 Å². The molecule has 24 heavy (non-hydrogen) atoms. The Morgan fingerprint density at radius 2 is 1.96 bits per heavy atom. The smallest absolute Gasteiger partial charge is 0.338 e. The monoisotopic (exact) mass is 335 g/mol. The molecule has 0 atom stereocenters. The summed E-state index contributed by atoms with van der Waals surface area (Å²) in [6, 6.07) is 3.92. The molecule has 1 aromatic carbocycles. The highest BCUT2D eigenvalue weighted by molar-refractivity contribution is 5.90. The van der Waals surface area contributed by atoms with Gasteiger partial charge in [-0.15, -0.1) is 0 Å². The molecule has 1 aromatic rings. The number of benzene rings is 1. The fraction of sp³-hybridized carbons (Fsp3) is 0.529. The molecule has 0 unspecified atom stereocenters. The highest BCUT2D eigenvalue weighted by atomic mass is 16.6. The molecular weight excluding hydrogens is 314 g/mol. The van der Waals surface area contributed by atoms with E-state index in [1.807, 2.05) is 0 Å². The fourth-order valence-corrected chi connectivity index (χ4v) is 2.72. The van der Waals surface area contributed by atoms with E-state index in [2.05, 4.69) is 0 Å². The summed E-state index contributed by atoms with van der Waals surface area (Å²) in [4.78, 5) is 34.5. The van der Waals surface area contributed by atoms with Gasteiger partial charge in [-0.3, -0.25) is 14.9 Å². The Balaban J connectivity index is 2.18. The lowest BCUT2D eigenvalue weighted by Crippen LogP contribution is -2.17. The second-order valence-electron chi connectivity index (χ2n) is 6.13. The van der Waals surface area contributed by atoms with E-state index in [0.29, 0.717) is 0 Å². The predicted molar refractivity (Wildman–Crippen MR) is 85.7 cm³/mol. The topological polar surface area (TPSA) is 95.7 Å². The van der Waals surface area contributed by atoms with Crippen molar-refractivity contribution in [1.82, 2.24) is 0 Å². The lowest BCUT2D eigenvalue weighted by molar-refractivity contribution is -0.385. The molecular formula is C17H21NO6. The van der Waals surface area contributed by atoms with Crippen LogP contribution in [0.1, 0.15) is 55.5 Å². The Morgan fingerprint density at radius 1 is 1.29 bits per heavy atom. The number of esters is 2. The largest absolute Gasteiger partial charge is 0.463 e. The second-order valence-corrected chi connectivity index (χ2v) is 6.13. The standard InChI is InChI=1S/C17H21NO6/c1-11(2)23-16(19)10-13-9-12(7-8-15(13)18(21)22)17(20)24-14-5-3-4-6-14/h7-9,11,14H,3-6,10H2,1-2H3. The SMILES string of the molecule is CC(C)OC(=O)Cc1cc(C(=O)OC2CCCC2)ccc1[N+](=O)[O-]. The van der Waals surface area contributed by atoms with Crippen LogP contribution in [0.15, 0.2) is 18.2 Å². The molecule has 0 saturated heterocycles. The van der Waals surface area contributed by atoms with Crippen LogP contribution < -0.4 is 0 Å². The van der Waals surface area contributed by atoms with Crippen molar-refractivity contribution < 1.29 is 24.0 Å². The normalized spacial score (nSPS) is 14.6. The molecule has 1 aliphatic rings. The average molecular weight is 335 g/mol. The van der Waals surface area contributed by atoms with Crippen LogP contribution in [0, 0.1) is 10.1 Å². The van der Waals surface area contributed by atoms with Gasteiger partial charge >= 0.3 is 11.9 Å². The first-order valence-electron chi connectivity index (χ1n) is 8.04. The van der Waals surface area contributed by atoms with E-state index >= 15 is 0 Å². The molecule has 0 aromatic heterocycles. The minimum absolute atomic E-state index is 0.0953. The van der Waals surface area contributed by atoms with Gasteiger partial charge in [-0.25, -0.2) is 4.79 Å². The summed E-state index contributed by atoms with van der Waals surface area (Å²) in [7, 11) is 0. The molecule has 2 rings (SSSR count). The molecule has 1 saturated carbocycles. The van der Waals surface area contributed by atoms with Crippen LogP contribution >= 0.6 is 0 Å². The van der Waals surface area contributed by atoms with Crippen LogP contribution in [0.25, 0.3) is 0 Å². The molecule has 1 aliphatic carbocycles. The summed E-state index contributed by atoms with van der Waals surface area (Å²) in [6.07, 6.45) is 3.07. The number of hydrogen-bond acceptors (Lipinski definition) is 6.